The second-order valence-electron chi connectivity index (χ2n) is 7.15. The Kier molecular flexibility index (Phi) is 6.97. The van der Waals surface area contributed by atoms with E-state index >= 15 is 0 Å². The lowest BCUT2D eigenvalue weighted by molar-refractivity contribution is -0.133. The Morgan fingerprint density at radius 3 is 2.75 bits per heavy atom. The van der Waals surface area contributed by atoms with Crippen LogP contribution in [0, 0.1) is 6.92 Å². The van der Waals surface area contributed by atoms with E-state index in [1.807, 2.05) is 24.0 Å². The van der Waals surface area contributed by atoms with Gasteiger partial charge in [-0.25, -0.2) is 0 Å². The van der Waals surface area contributed by atoms with Crippen molar-refractivity contribution in [3.63, 3.8) is 0 Å². The fourth-order valence-electron chi connectivity index (χ4n) is 3.87. The van der Waals surface area contributed by atoms with Gasteiger partial charge >= 0.3 is 0 Å². The third-order valence-electron chi connectivity index (χ3n) is 5.18. The predicted molar refractivity (Wildman–Crippen MR) is 113 cm³/mol. The summed E-state index contributed by atoms with van der Waals surface area (Å²) in [7, 11) is 1.66. The number of carbonyl (C=O) groups is 1. The van der Waals surface area contributed by atoms with E-state index in [1.165, 1.54) is 9.75 Å². The summed E-state index contributed by atoms with van der Waals surface area (Å²) in [6.45, 7) is 7.91. The monoisotopic (exact) mass is 402 g/mol. The molecule has 0 spiro atoms. The van der Waals surface area contributed by atoms with Crippen LogP contribution in [0.3, 0.4) is 0 Å². The average Bonchev–Trinajstić information content (AvgIpc) is 3.12. The van der Waals surface area contributed by atoms with E-state index in [0.717, 1.165) is 43.0 Å². The van der Waals surface area contributed by atoms with Crippen LogP contribution in [-0.4, -0.2) is 37.1 Å². The molecule has 2 atom stereocenters. The molecule has 1 amide bonds. The summed E-state index contributed by atoms with van der Waals surface area (Å²) in [6, 6.07) is 10.7. The maximum Gasteiger partial charge on any atom is 0.220 e. The molecule has 1 aromatic heterocycles. The second-order valence-corrected chi connectivity index (χ2v) is 8.47. The van der Waals surface area contributed by atoms with Gasteiger partial charge in [0.2, 0.25) is 5.91 Å². The number of piperidine rings is 1. The molecule has 0 aliphatic carbocycles. The summed E-state index contributed by atoms with van der Waals surface area (Å²) in [5.74, 6) is 1.66. The Hall–Kier alpha value is -2.05. The number of likely N-dealkylation sites (tertiary alicyclic amines) is 1. The van der Waals surface area contributed by atoms with E-state index in [-0.39, 0.29) is 18.0 Å². The van der Waals surface area contributed by atoms with Crippen LogP contribution < -0.4 is 14.8 Å². The number of hydrogen-bond donors (Lipinski definition) is 1. The van der Waals surface area contributed by atoms with Crippen molar-refractivity contribution in [2.24, 2.45) is 0 Å². The van der Waals surface area contributed by atoms with Gasteiger partial charge in [0, 0.05) is 35.8 Å². The van der Waals surface area contributed by atoms with Crippen molar-refractivity contribution in [1.82, 2.24) is 10.2 Å². The molecule has 1 fully saturated rings. The van der Waals surface area contributed by atoms with Crippen LogP contribution in [0.15, 0.2) is 30.3 Å². The molecule has 0 unspecified atom stereocenters. The largest absolute Gasteiger partial charge is 0.493 e. The van der Waals surface area contributed by atoms with Crippen LogP contribution in [0.2, 0.25) is 0 Å². The van der Waals surface area contributed by atoms with Crippen molar-refractivity contribution in [2.45, 2.75) is 52.2 Å². The lowest BCUT2D eigenvalue weighted by Gasteiger charge is -2.41. The fourth-order valence-corrected chi connectivity index (χ4v) is 4.93. The van der Waals surface area contributed by atoms with Crippen LogP contribution in [0.1, 0.15) is 48.0 Å². The number of hydrogen-bond acceptors (Lipinski definition) is 5. The van der Waals surface area contributed by atoms with E-state index in [4.69, 9.17) is 9.47 Å². The SMILES string of the molecule is CCOc1ccc(CN[C@@H]2CCCN(C(C)=O)[C@H]2c2ccc(C)s2)cc1OC. The molecule has 0 bridgehead atoms. The Morgan fingerprint density at radius 1 is 1.29 bits per heavy atom. The Labute approximate surface area is 171 Å². The summed E-state index contributed by atoms with van der Waals surface area (Å²) >= 11 is 1.78. The number of thiophene rings is 1. The molecule has 6 heteroatoms. The fraction of sp³-hybridized carbons (Fsp3) is 0.500. The summed E-state index contributed by atoms with van der Waals surface area (Å²) in [5.41, 5.74) is 1.14. The van der Waals surface area contributed by atoms with Gasteiger partial charge in [-0.3, -0.25) is 4.79 Å². The summed E-state index contributed by atoms with van der Waals surface area (Å²) in [5, 5.41) is 3.70. The maximum atomic E-state index is 12.3. The molecule has 0 saturated carbocycles. The molecular formula is C22H30N2O3S. The molecule has 1 aliphatic rings. The van der Waals surface area contributed by atoms with Gasteiger partial charge in [-0.15, -0.1) is 11.3 Å². The number of rotatable bonds is 7. The van der Waals surface area contributed by atoms with Crippen molar-refractivity contribution in [2.75, 3.05) is 20.3 Å². The Balaban J connectivity index is 1.76. The zero-order chi connectivity index (χ0) is 20.1. The number of aryl methyl sites for hydroxylation is 1. The van der Waals surface area contributed by atoms with Gasteiger partial charge in [-0.2, -0.15) is 0 Å². The van der Waals surface area contributed by atoms with Crippen LogP contribution in [-0.2, 0) is 11.3 Å². The molecule has 1 N–H and O–H groups in total. The predicted octanol–water partition coefficient (Wildman–Crippen LogP) is 4.31. The van der Waals surface area contributed by atoms with Gasteiger partial charge in [0.15, 0.2) is 11.5 Å². The zero-order valence-electron chi connectivity index (χ0n) is 17.2. The zero-order valence-corrected chi connectivity index (χ0v) is 18.0. The van der Waals surface area contributed by atoms with Crippen molar-refractivity contribution in [3.8, 4) is 11.5 Å². The molecular weight excluding hydrogens is 372 g/mol. The molecule has 2 aromatic rings. The molecule has 1 aliphatic heterocycles. The first-order valence-corrected chi connectivity index (χ1v) is 10.7. The highest BCUT2D eigenvalue weighted by Crippen LogP contribution is 2.36. The van der Waals surface area contributed by atoms with Crippen LogP contribution >= 0.6 is 11.3 Å². The Morgan fingerprint density at radius 2 is 2.11 bits per heavy atom. The van der Waals surface area contributed by atoms with Gasteiger partial charge in [0.05, 0.1) is 19.8 Å². The van der Waals surface area contributed by atoms with Crippen molar-refractivity contribution in [3.05, 3.63) is 45.6 Å². The van der Waals surface area contributed by atoms with Crippen LogP contribution in [0.5, 0.6) is 11.5 Å². The van der Waals surface area contributed by atoms with E-state index in [1.54, 1.807) is 25.4 Å². The van der Waals surface area contributed by atoms with Gasteiger partial charge in [-0.1, -0.05) is 6.07 Å². The number of carbonyl (C=O) groups excluding carboxylic acids is 1. The van der Waals surface area contributed by atoms with Gasteiger partial charge in [0.1, 0.15) is 0 Å². The molecule has 1 aromatic carbocycles. The highest BCUT2D eigenvalue weighted by atomic mass is 32.1. The standard InChI is InChI=1S/C22H30N2O3S/c1-5-27-19-10-9-17(13-20(19)26-4)14-23-18-7-6-12-24(16(3)25)22(18)21-11-8-15(2)28-21/h8-11,13,18,22-23H,5-7,12,14H2,1-4H3/t18-,22-/m1/s1. The van der Waals surface area contributed by atoms with Gasteiger partial charge in [-0.05, 0) is 56.5 Å². The summed E-state index contributed by atoms with van der Waals surface area (Å²) in [6.07, 6.45) is 2.07. The van der Waals surface area contributed by atoms with Gasteiger partial charge in [0.25, 0.3) is 0 Å². The third-order valence-corrected chi connectivity index (χ3v) is 6.26. The van der Waals surface area contributed by atoms with E-state index in [9.17, 15) is 4.79 Å². The lowest BCUT2D eigenvalue weighted by atomic mass is 9.94. The molecule has 28 heavy (non-hydrogen) atoms. The minimum atomic E-state index is 0.0922. The summed E-state index contributed by atoms with van der Waals surface area (Å²) in [4.78, 5) is 16.8. The summed E-state index contributed by atoms with van der Waals surface area (Å²) < 4.78 is 11.1. The first-order chi connectivity index (χ1) is 13.5. The smallest absolute Gasteiger partial charge is 0.220 e. The van der Waals surface area contributed by atoms with Crippen molar-refractivity contribution < 1.29 is 14.3 Å². The minimum Gasteiger partial charge on any atom is -0.493 e. The molecule has 3 rings (SSSR count). The molecule has 0 radical (unpaired) electrons. The Bertz CT molecular complexity index is 805. The number of benzene rings is 1. The third kappa shape index (κ3) is 4.67. The first-order valence-electron chi connectivity index (χ1n) is 9.90. The number of methoxy groups -OCH3 is 1. The lowest BCUT2D eigenvalue weighted by Crippen LogP contribution is -2.49. The first kappa shape index (κ1) is 20.7. The highest BCUT2D eigenvalue weighted by molar-refractivity contribution is 7.12. The highest BCUT2D eigenvalue weighted by Gasteiger charge is 2.34. The normalized spacial score (nSPS) is 19.5. The number of nitrogens with one attached hydrogen (secondary N) is 1. The number of amides is 1. The van der Waals surface area contributed by atoms with Crippen molar-refractivity contribution >= 4 is 17.2 Å². The van der Waals surface area contributed by atoms with Crippen molar-refractivity contribution in [1.29, 1.82) is 0 Å². The van der Waals surface area contributed by atoms with Crippen LogP contribution in [0.25, 0.3) is 0 Å². The second kappa shape index (κ2) is 9.43. The van der Waals surface area contributed by atoms with E-state index < -0.39 is 0 Å². The molecule has 1 saturated heterocycles. The molecule has 5 nitrogen and oxygen atoms in total. The maximum absolute atomic E-state index is 12.3. The van der Waals surface area contributed by atoms with E-state index in [0.29, 0.717) is 6.61 Å². The molecule has 2 heterocycles. The topological polar surface area (TPSA) is 50.8 Å². The van der Waals surface area contributed by atoms with Crippen LogP contribution in [0.4, 0.5) is 0 Å². The minimum absolute atomic E-state index is 0.0922. The average molecular weight is 403 g/mol. The number of ether oxygens (including phenoxy) is 2. The molecule has 152 valence electrons. The van der Waals surface area contributed by atoms with Gasteiger partial charge < -0.3 is 19.7 Å². The van der Waals surface area contributed by atoms with E-state index in [2.05, 4.69) is 30.4 Å². The number of nitrogens with zero attached hydrogens (tertiary/aromatic N) is 1. The quantitative estimate of drug-likeness (QED) is 0.750.